The van der Waals surface area contributed by atoms with Gasteiger partial charge in [-0.25, -0.2) is 0 Å². The van der Waals surface area contributed by atoms with Crippen molar-refractivity contribution in [1.82, 2.24) is 4.90 Å². The van der Waals surface area contributed by atoms with Crippen LogP contribution in [0.2, 0.25) is 0 Å². The van der Waals surface area contributed by atoms with Crippen LogP contribution in [0.1, 0.15) is 37.3 Å². The Morgan fingerprint density at radius 2 is 1.86 bits per heavy atom. The highest BCUT2D eigenvalue weighted by Crippen LogP contribution is 2.44. The average molecular weight is 407 g/mol. The number of oxime groups is 1. The van der Waals surface area contributed by atoms with Crippen molar-refractivity contribution in [1.29, 1.82) is 0 Å². The first kappa shape index (κ1) is 17.5. The van der Waals surface area contributed by atoms with Crippen LogP contribution in [0.25, 0.3) is 0 Å². The predicted octanol–water partition coefficient (Wildman–Crippen LogP) is 5.07. The van der Waals surface area contributed by atoms with Gasteiger partial charge in [0.2, 0.25) is 0 Å². The molecule has 0 saturated carbocycles. The molecule has 1 atom stereocenters. The largest absolute Gasteiger partial charge is 0.391 e. The molecule has 3 heterocycles. The molecule has 0 saturated heterocycles. The molecule has 6 heteroatoms. The first-order valence-electron chi connectivity index (χ1n) is 9.12. The van der Waals surface area contributed by atoms with Gasteiger partial charge in [-0.3, -0.25) is 4.79 Å². The minimum absolute atomic E-state index is 0.0262. The predicted molar refractivity (Wildman–Crippen MR) is 114 cm³/mol. The molecule has 0 bridgehead atoms. The number of amides is 1. The van der Waals surface area contributed by atoms with Gasteiger partial charge in [-0.1, -0.05) is 53.7 Å². The number of thiophene rings is 1. The quantitative estimate of drug-likeness (QED) is 0.570. The van der Waals surface area contributed by atoms with E-state index in [1.54, 1.807) is 23.1 Å². The van der Waals surface area contributed by atoms with E-state index in [0.717, 1.165) is 32.8 Å². The first-order valence-corrected chi connectivity index (χ1v) is 11.0. The SMILES string of the molecule is O=C1c2ccccc2C2SCC(=NOCc3ccccc3)c3ccsc3CN12. The van der Waals surface area contributed by atoms with E-state index in [1.807, 2.05) is 53.4 Å². The van der Waals surface area contributed by atoms with E-state index in [4.69, 9.17) is 4.84 Å². The fourth-order valence-corrected chi connectivity index (χ4v) is 5.77. The Morgan fingerprint density at radius 1 is 1.04 bits per heavy atom. The normalized spacial score (nSPS) is 19.6. The lowest BCUT2D eigenvalue weighted by Gasteiger charge is -2.27. The summed E-state index contributed by atoms with van der Waals surface area (Å²) in [6, 6.07) is 20.1. The van der Waals surface area contributed by atoms with Crippen molar-refractivity contribution in [2.45, 2.75) is 18.5 Å². The Kier molecular flexibility index (Phi) is 4.66. The summed E-state index contributed by atoms with van der Waals surface area (Å²) in [6.07, 6.45) is 0. The molecule has 28 heavy (non-hydrogen) atoms. The van der Waals surface area contributed by atoms with Crippen molar-refractivity contribution in [2.24, 2.45) is 5.16 Å². The number of hydrogen-bond donors (Lipinski definition) is 0. The van der Waals surface area contributed by atoms with Crippen LogP contribution in [-0.4, -0.2) is 22.3 Å². The van der Waals surface area contributed by atoms with E-state index in [9.17, 15) is 4.79 Å². The van der Waals surface area contributed by atoms with Crippen molar-refractivity contribution >= 4 is 34.7 Å². The molecule has 0 radical (unpaired) electrons. The summed E-state index contributed by atoms with van der Waals surface area (Å²) in [5.41, 5.74) is 5.04. The molecule has 3 aromatic rings. The Labute approximate surface area is 171 Å². The van der Waals surface area contributed by atoms with Crippen LogP contribution in [0.3, 0.4) is 0 Å². The number of fused-ring (bicyclic) bond motifs is 4. The Bertz CT molecular complexity index is 1050. The van der Waals surface area contributed by atoms with Crippen molar-refractivity contribution in [3.8, 4) is 0 Å². The molecule has 0 aliphatic carbocycles. The van der Waals surface area contributed by atoms with Crippen LogP contribution in [0.4, 0.5) is 0 Å². The zero-order valence-corrected chi connectivity index (χ0v) is 16.7. The zero-order valence-electron chi connectivity index (χ0n) is 15.1. The number of thioether (sulfide) groups is 1. The summed E-state index contributed by atoms with van der Waals surface area (Å²) in [7, 11) is 0. The van der Waals surface area contributed by atoms with Gasteiger partial charge in [-0.2, -0.15) is 0 Å². The van der Waals surface area contributed by atoms with Crippen molar-refractivity contribution in [2.75, 3.05) is 5.75 Å². The molecule has 140 valence electrons. The molecule has 0 N–H and O–H groups in total. The molecule has 5 rings (SSSR count). The molecule has 0 spiro atoms. The summed E-state index contributed by atoms with van der Waals surface area (Å²) in [4.78, 5) is 21.7. The summed E-state index contributed by atoms with van der Waals surface area (Å²) in [6.45, 7) is 1.06. The van der Waals surface area contributed by atoms with Gasteiger partial charge in [0, 0.05) is 21.8 Å². The number of hydrogen-bond acceptors (Lipinski definition) is 5. The number of carbonyl (C=O) groups is 1. The van der Waals surface area contributed by atoms with Gasteiger partial charge in [0.05, 0.1) is 12.3 Å². The number of carbonyl (C=O) groups excluding carboxylic acids is 1. The summed E-state index contributed by atoms with van der Waals surface area (Å²) in [5, 5.41) is 6.57. The maximum Gasteiger partial charge on any atom is 0.255 e. The highest BCUT2D eigenvalue weighted by molar-refractivity contribution is 8.00. The van der Waals surface area contributed by atoms with Crippen LogP contribution in [0.15, 0.2) is 71.2 Å². The minimum atomic E-state index is 0.0262. The van der Waals surface area contributed by atoms with Crippen molar-refractivity contribution in [3.63, 3.8) is 0 Å². The van der Waals surface area contributed by atoms with Crippen LogP contribution in [-0.2, 0) is 18.0 Å². The lowest BCUT2D eigenvalue weighted by molar-refractivity contribution is 0.0763. The molecule has 1 aromatic heterocycles. The summed E-state index contributed by atoms with van der Waals surface area (Å²) in [5.74, 6) is 0.814. The Morgan fingerprint density at radius 3 is 2.75 bits per heavy atom. The van der Waals surface area contributed by atoms with Crippen LogP contribution >= 0.6 is 23.1 Å². The lowest BCUT2D eigenvalue weighted by atomic mass is 10.1. The van der Waals surface area contributed by atoms with Gasteiger partial charge < -0.3 is 9.74 Å². The smallest absolute Gasteiger partial charge is 0.255 e. The fourth-order valence-electron chi connectivity index (χ4n) is 3.62. The van der Waals surface area contributed by atoms with Crippen LogP contribution in [0, 0.1) is 0 Å². The topological polar surface area (TPSA) is 41.9 Å². The lowest BCUT2D eigenvalue weighted by Crippen LogP contribution is -2.29. The van der Waals surface area contributed by atoms with Gasteiger partial charge in [0.1, 0.15) is 12.0 Å². The molecule has 2 aliphatic rings. The van der Waals surface area contributed by atoms with Crippen LogP contribution in [0.5, 0.6) is 0 Å². The molecular formula is C22H18N2O2S2. The van der Waals surface area contributed by atoms with E-state index < -0.39 is 0 Å². The third-order valence-corrected chi connectivity index (χ3v) is 7.17. The second kappa shape index (κ2) is 7.45. The maximum atomic E-state index is 12.9. The Balaban J connectivity index is 1.43. The van der Waals surface area contributed by atoms with E-state index in [2.05, 4.69) is 22.7 Å². The number of nitrogens with zero attached hydrogens (tertiary/aromatic N) is 2. The van der Waals surface area contributed by atoms with Gasteiger partial charge in [-0.15, -0.1) is 23.1 Å². The molecule has 2 aliphatic heterocycles. The van der Waals surface area contributed by atoms with E-state index in [0.29, 0.717) is 18.9 Å². The second-order valence-corrected chi connectivity index (χ2v) is 8.81. The molecule has 0 fully saturated rings. The van der Waals surface area contributed by atoms with Crippen molar-refractivity contribution in [3.05, 3.63) is 93.2 Å². The monoisotopic (exact) mass is 406 g/mol. The standard InChI is InChI=1S/C22H18N2O2S2/c25-21-16-8-4-5-9-17(16)22-24(21)12-20-18(10-11-27-20)19(14-28-22)23-26-13-15-6-2-1-3-7-15/h1-11,22H,12-14H2. The highest BCUT2D eigenvalue weighted by atomic mass is 32.2. The van der Waals surface area contributed by atoms with Crippen molar-refractivity contribution < 1.29 is 9.63 Å². The van der Waals surface area contributed by atoms with Gasteiger partial charge in [0.25, 0.3) is 5.91 Å². The van der Waals surface area contributed by atoms with E-state index >= 15 is 0 Å². The molecule has 1 unspecified atom stereocenters. The van der Waals surface area contributed by atoms with Gasteiger partial charge in [0.15, 0.2) is 0 Å². The second-order valence-electron chi connectivity index (χ2n) is 6.74. The molecule has 1 amide bonds. The summed E-state index contributed by atoms with van der Waals surface area (Å²) >= 11 is 3.41. The first-order chi connectivity index (χ1) is 13.8. The Hall–Kier alpha value is -2.57. The minimum Gasteiger partial charge on any atom is -0.391 e. The van der Waals surface area contributed by atoms with E-state index in [-0.39, 0.29) is 11.3 Å². The molecule has 2 aromatic carbocycles. The van der Waals surface area contributed by atoms with E-state index in [1.165, 1.54) is 0 Å². The van der Waals surface area contributed by atoms with Gasteiger partial charge >= 0.3 is 0 Å². The molecule has 4 nitrogen and oxygen atoms in total. The highest BCUT2D eigenvalue weighted by Gasteiger charge is 2.38. The summed E-state index contributed by atoms with van der Waals surface area (Å²) < 4.78 is 0. The van der Waals surface area contributed by atoms with Gasteiger partial charge in [-0.05, 0) is 28.6 Å². The molecular weight excluding hydrogens is 388 g/mol. The number of rotatable bonds is 3. The zero-order chi connectivity index (χ0) is 18.9. The maximum absolute atomic E-state index is 12.9. The van der Waals surface area contributed by atoms with Crippen LogP contribution < -0.4 is 0 Å². The average Bonchev–Trinajstić information content (AvgIpc) is 3.28. The number of benzene rings is 2. The fraction of sp³-hybridized carbons (Fsp3) is 0.182. The third-order valence-electron chi connectivity index (χ3n) is 5.00. The third kappa shape index (κ3) is 3.12.